The van der Waals surface area contributed by atoms with Gasteiger partial charge in [0.2, 0.25) is 0 Å². The molecule has 0 aromatic carbocycles. The Hall–Kier alpha value is -1.60. The largest absolute Gasteiger partial charge is 0.356 e. The smallest absolute Gasteiger partial charge is 0.134 e. The lowest BCUT2D eigenvalue weighted by Gasteiger charge is -2.22. The third-order valence-electron chi connectivity index (χ3n) is 4.66. The van der Waals surface area contributed by atoms with E-state index in [4.69, 9.17) is 0 Å². The van der Waals surface area contributed by atoms with Gasteiger partial charge in [-0.25, -0.2) is 9.97 Å². The Labute approximate surface area is 134 Å². The topological polar surface area (TPSA) is 58.0 Å². The monoisotopic (exact) mass is 316 g/mol. The van der Waals surface area contributed by atoms with Gasteiger partial charge in [0.05, 0.1) is 6.54 Å². The van der Waals surface area contributed by atoms with Gasteiger partial charge in [-0.05, 0) is 25.7 Å². The van der Waals surface area contributed by atoms with Gasteiger partial charge in [0, 0.05) is 37.9 Å². The van der Waals surface area contributed by atoms with Gasteiger partial charge in [-0.2, -0.15) is 0 Å². The highest BCUT2D eigenvalue weighted by Crippen LogP contribution is 2.34. The van der Waals surface area contributed by atoms with Crippen molar-refractivity contribution in [2.24, 2.45) is 11.8 Å². The molecule has 2 fully saturated rings. The molecule has 0 N–H and O–H groups in total. The van der Waals surface area contributed by atoms with E-state index >= 15 is 0 Å². The number of hydrogen-bond donors (Lipinski definition) is 0. The second kappa shape index (κ2) is 5.55. The number of hydrogen-bond acceptors (Lipinski definition) is 7. The van der Waals surface area contributed by atoms with Crippen molar-refractivity contribution in [2.45, 2.75) is 20.4 Å². The summed E-state index contributed by atoms with van der Waals surface area (Å²) in [5.74, 6) is 2.59. The fraction of sp³-hybridized carbons (Fsp3) is 0.600. The van der Waals surface area contributed by atoms with E-state index in [9.17, 15) is 0 Å². The Kier molecular flexibility index (Phi) is 3.54. The first-order valence-corrected chi connectivity index (χ1v) is 8.53. The SMILES string of the molecule is Cc1nnc(CN2CC3CN(c4ncncc4C)CC3C2)s1. The number of anilines is 1. The number of likely N-dealkylation sites (tertiary alicyclic amines) is 1. The fourth-order valence-corrected chi connectivity index (χ4v) is 4.46. The van der Waals surface area contributed by atoms with Crippen molar-refractivity contribution in [1.82, 2.24) is 25.1 Å². The molecule has 7 heteroatoms. The number of aromatic nitrogens is 4. The molecule has 0 spiro atoms. The third-order valence-corrected chi connectivity index (χ3v) is 5.48. The molecule has 116 valence electrons. The van der Waals surface area contributed by atoms with Crippen LogP contribution >= 0.6 is 11.3 Å². The van der Waals surface area contributed by atoms with Crippen molar-refractivity contribution < 1.29 is 0 Å². The Morgan fingerprint density at radius 1 is 1.14 bits per heavy atom. The first-order chi connectivity index (χ1) is 10.7. The maximum absolute atomic E-state index is 4.46. The van der Waals surface area contributed by atoms with E-state index in [1.165, 1.54) is 5.56 Å². The van der Waals surface area contributed by atoms with Gasteiger partial charge in [-0.1, -0.05) is 0 Å². The van der Waals surface area contributed by atoms with E-state index in [1.54, 1.807) is 17.7 Å². The van der Waals surface area contributed by atoms with E-state index < -0.39 is 0 Å². The van der Waals surface area contributed by atoms with Crippen molar-refractivity contribution in [3.05, 3.63) is 28.1 Å². The quantitative estimate of drug-likeness (QED) is 0.855. The molecule has 0 radical (unpaired) electrons. The zero-order chi connectivity index (χ0) is 15.1. The van der Waals surface area contributed by atoms with E-state index in [0.717, 1.165) is 60.4 Å². The molecule has 4 rings (SSSR count). The number of fused-ring (bicyclic) bond motifs is 1. The van der Waals surface area contributed by atoms with Gasteiger partial charge >= 0.3 is 0 Å². The van der Waals surface area contributed by atoms with Crippen molar-refractivity contribution in [3.8, 4) is 0 Å². The normalized spacial score (nSPS) is 24.9. The lowest BCUT2D eigenvalue weighted by molar-refractivity contribution is 0.307. The molecule has 2 unspecified atom stereocenters. The average Bonchev–Trinajstić information content (AvgIpc) is 3.14. The van der Waals surface area contributed by atoms with Crippen molar-refractivity contribution in [3.63, 3.8) is 0 Å². The summed E-state index contributed by atoms with van der Waals surface area (Å²) in [6, 6.07) is 0. The average molecular weight is 316 g/mol. The highest BCUT2D eigenvalue weighted by atomic mass is 32.1. The van der Waals surface area contributed by atoms with Gasteiger partial charge in [0.15, 0.2) is 0 Å². The van der Waals surface area contributed by atoms with Crippen LogP contribution in [0.2, 0.25) is 0 Å². The molecule has 2 atom stereocenters. The molecule has 0 bridgehead atoms. The minimum absolute atomic E-state index is 0.739. The molecule has 2 aromatic heterocycles. The number of rotatable bonds is 3. The summed E-state index contributed by atoms with van der Waals surface area (Å²) in [5.41, 5.74) is 1.17. The lowest BCUT2D eigenvalue weighted by atomic mass is 10.0. The van der Waals surface area contributed by atoms with Gasteiger partial charge in [0.25, 0.3) is 0 Å². The van der Waals surface area contributed by atoms with Crippen LogP contribution in [-0.4, -0.2) is 51.2 Å². The zero-order valence-corrected chi connectivity index (χ0v) is 13.8. The van der Waals surface area contributed by atoms with Gasteiger partial charge in [0.1, 0.15) is 22.2 Å². The molecular formula is C15H20N6S. The van der Waals surface area contributed by atoms with Crippen LogP contribution in [0.25, 0.3) is 0 Å². The van der Waals surface area contributed by atoms with E-state index in [-0.39, 0.29) is 0 Å². The molecular weight excluding hydrogens is 296 g/mol. The van der Waals surface area contributed by atoms with Crippen molar-refractivity contribution in [1.29, 1.82) is 0 Å². The van der Waals surface area contributed by atoms with Crippen molar-refractivity contribution >= 4 is 17.2 Å². The van der Waals surface area contributed by atoms with Crippen LogP contribution in [0, 0.1) is 25.7 Å². The number of aryl methyl sites for hydroxylation is 2. The molecule has 2 saturated heterocycles. The molecule has 0 saturated carbocycles. The predicted octanol–water partition coefficient (Wildman–Crippen LogP) is 1.51. The molecule has 4 heterocycles. The van der Waals surface area contributed by atoms with E-state index in [1.807, 2.05) is 13.1 Å². The highest BCUT2D eigenvalue weighted by molar-refractivity contribution is 7.11. The molecule has 2 aliphatic rings. The van der Waals surface area contributed by atoms with Crippen LogP contribution in [0.3, 0.4) is 0 Å². The van der Waals surface area contributed by atoms with E-state index in [0.29, 0.717) is 0 Å². The summed E-state index contributed by atoms with van der Waals surface area (Å²) >= 11 is 1.71. The summed E-state index contributed by atoms with van der Waals surface area (Å²) in [6.07, 6.45) is 3.56. The van der Waals surface area contributed by atoms with Crippen LogP contribution in [0.15, 0.2) is 12.5 Å². The zero-order valence-electron chi connectivity index (χ0n) is 12.9. The summed E-state index contributed by atoms with van der Waals surface area (Å²) in [7, 11) is 0. The van der Waals surface area contributed by atoms with Crippen LogP contribution in [0.5, 0.6) is 0 Å². The molecule has 0 aliphatic carbocycles. The standard InChI is InChI=1S/C15H20N6S/c1-10-3-16-9-17-15(10)21-6-12-4-20(5-13(12)7-21)8-14-19-18-11(2)22-14/h3,9,12-13H,4-8H2,1-2H3. The van der Waals surface area contributed by atoms with Crippen LogP contribution in [-0.2, 0) is 6.54 Å². The van der Waals surface area contributed by atoms with Crippen LogP contribution < -0.4 is 4.90 Å². The summed E-state index contributed by atoms with van der Waals surface area (Å²) in [4.78, 5) is 13.5. The van der Waals surface area contributed by atoms with Gasteiger partial charge in [-0.15, -0.1) is 21.5 Å². The Bertz CT molecular complexity index is 658. The Balaban J connectivity index is 1.39. The summed E-state index contributed by atoms with van der Waals surface area (Å²) < 4.78 is 0. The minimum atomic E-state index is 0.739. The van der Waals surface area contributed by atoms with Crippen LogP contribution in [0.1, 0.15) is 15.6 Å². The lowest BCUT2D eigenvalue weighted by Crippen LogP contribution is -2.29. The first kappa shape index (κ1) is 14.0. The molecule has 6 nitrogen and oxygen atoms in total. The number of nitrogens with zero attached hydrogens (tertiary/aromatic N) is 6. The molecule has 2 aromatic rings. The molecule has 0 amide bonds. The second-order valence-electron chi connectivity index (χ2n) is 6.36. The maximum atomic E-state index is 4.46. The second-order valence-corrected chi connectivity index (χ2v) is 7.63. The predicted molar refractivity (Wildman–Crippen MR) is 85.9 cm³/mol. The Morgan fingerprint density at radius 2 is 1.91 bits per heavy atom. The minimum Gasteiger partial charge on any atom is -0.356 e. The Morgan fingerprint density at radius 3 is 2.55 bits per heavy atom. The van der Waals surface area contributed by atoms with E-state index in [2.05, 4.69) is 36.9 Å². The fourth-order valence-electron chi connectivity index (χ4n) is 3.71. The molecule has 2 aliphatic heterocycles. The maximum Gasteiger partial charge on any atom is 0.134 e. The summed E-state index contributed by atoms with van der Waals surface area (Å²) in [5, 5.41) is 10.6. The molecule has 22 heavy (non-hydrogen) atoms. The van der Waals surface area contributed by atoms with Crippen LogP contribution in [0.4, 0.5) is 5.82 Å². The summed E-state index contributed by atoms with van der Waals surface area (Å²) in [6.45, 7) is 9.58. The third kappa shape index (κ3) is 2.59. The van der Waals surface area contributed by atoms with Crippen molar-refractivity contribution in [2.75, 3.05) is 31.1 Å². The van der Waals surface area contributed by atoms with Gasteiger partial charge < -0.3 is 4.90 Å². The van der Waals surface area contributed by atoms with Gasteiger partial charge in [-0.3, -0.25) is 4.90 Å². The first-order valence-electron chi connectivity index (χ1n) is 7.72. The highest BCUT2D eigenvalue weighted by Gasteiger charge is 2.40.